The van der Waals surface area contributed by atoms with E-state index in [9.17, 15) is 5.26 Å². The predicted octanol–water partition coefficient (Wildman–Crippen LogP) is 3.02. The van der Waals surface area contributed by atoms with Crippen LogP contribution in [0.5, 0.6) is 0 Å². The SMILES string of the molecule is N#Cc1nc2cnc3[nH]ccc3c2n1C1CCN(Cc2cccnc2)CC1. The van der Waals surface area contributed by atoms with Crippen molar-refractivity contribution in [2.24, 2.45) is 0 Å². The third-order valence-corrected chi connectivity index (χ3v) is 5.39. The van der Waals surface area contributed by atoms with Crippen molar-refractivity contribution >= 4 is 22.1 Å². The number of hydrogen-bond acceptors (Lipinski definition) is 5. The molecule has 0 radical (unpaired) electrons. The molecule has 4 aromatic heterocycles. The number of rotatable bonds is 3. The van der Waals surface area contributed by atoms with E-state index in [-0.39, 0.29) is 6.04 Å². The van der Waals surface area contributed by atoms with E-state index >= 15 is 0 Å². The molecule has 0 unspecified atom stereocenters. The van der Waals surface area contributed by atoms with E-state index < -0.39 is 0 Å². The summed E-state index contributed by atoms with van der Waals surface area (Å²) in [7, 11) is 0. The van der Waals surface area contributed by atoms with Crippen molar-refractivity contribution in [2.75, 3.05) is 13.1 Å². The van der Waals surface area contributed by atoms with Crippen LogP contribution in [-0.2, 0) is 6.54 Å². The zero-order valence-corrected chi connectivity index (χ0v) is 14.8. The number of aromatic nitrogens is 5. The van der Waals surface area contributed by atoms with E-state index in [4.69, 9.17) is 0 Å². The average molecular weight is 357 g/mol. The van der Waals surface area contributed by atoms with Crippen LogP contribution >= 0.6 is 0 Å². The predicted molar refractivity (Wildman–Crippen MR) is 102 cm³/mol. The molecule has 7 heteroatoms. The van der Waals surface area contributed by atoms with Crippen LogP contribution < -0.4 is 0 Å². The van der Waals surface area contributed by atoms with Crippen molar-refractivity contribution in [1.82, 2.24) is 29.4 Å². The van der Waals surface area contributed by atoms with Gasteiger partial charge >= 0.3 is 0 Å². The number of fused-ring (bicyclic) bond motifs is 3. The van der Waals surface area contributed by atoms with Gasteiger partial charge in [-0.25, -0.2) is 9.97 Å². The maximum absolute atomic E-state index is 9.64. The van der Waals surface area contributed by atoms with Gasteiger partial charge in [0, 0.05) is 49.7 Å². The van der Waals surface area contributed by atoms with Crippen LogP contribution in [0.1, 0.15) is 30.3 Å². The van der Waals surface area contributed by atoms with Gasteiger partial charge in [-0.1, -0.05) is 6.07 Å². The van der Waals surface area contributed by atoms with Gasteiger partial charge < -0.3 is 9.55 Å². The Balaban J connectivity index is 1.45. The first-order valence-electron chi connectivity index (χ1n) is 9.19. The van der Waals surface area contributed by atoms with Gasteiger partial charge in [-0.05, 0) is 30.5 Å². The van der Waals surface area contributed by atoms with Crippen LogP contribution in [-0.4, -0.2) is 42.5 Å². The van der Waals surface area contributed by atoms with Crippen molar-refractivity contribution in [3.05, 3.63) is 54.4 Å². The van der Waals surface area contributed by atoms with Gasteiger partial charge in [0.1, 0.15) is 17.2 Å². The van der Waals surface area contributed by atoms with Crippen molar-refractivity contribution in [1.29, 1.82) is 5.26 Å². The van der Waals surface area contributed by atoms with Gasteiger partial charge in [-0.2, -0.15) is 5.26 Å². The second-order valence-electron chi connectivity index (χ2n) is 7.02. The molecule has 0 amide bonds. The Morgan fingerprint density at radius 1 is 1.22 bits per heavy atom. The number of pyridine rings is 2. The summed E-state index contributed by atoms with van der Waals surface area (Å²) in [6.45, 7) is 2.90. The van der Waals surface area contributed by atoms with E-state index in [1.165, 1.54) is 5.56 Å². The van der Waals surface area contributed by atoms with Gasteiger partial charge in [0.15, 0.2) is 0 Å². The summed E-state index contributed by atoms with van der Waals surface area (Å²) < 4.78 is 2.13. The minimum atomic E-state index is 0.273. The van der Waals surface area contributed by atoms with Gasteiger partial charge in [0.2, 0.25) is 5.82 Å². The molecule has 0 spiro atoms. The van der Waals surface area contributed by atoms with E-state index in [0.29, 0.717) is 5.82 Å². The summed E-state index contributed by atoms with van der Waals surface area (Å²) in [5, 5.41) is 10.7. The maximum atomic E-state index is 9.64. The third-order valence-electron chi connectivity index (χ3n) is 5.39. The topological polar surface area (TPSA) is 86.4 Å². The zero-order valence-electron chi connectivity index (χ0n) is 14.8. The first-order chi connectivity index (χ1) is 13.3. The smallest absolute Gasteiger partial charge is 0.214 e. The first kappa shape index (κ1) is 16.0. The standard InChI is InChI=1S/C20H19N7/c21-10-18-25-17-12-24-20-16(3-7-23-20)19(17)27(18)15-4-8-26(9-5-15)13-14-2-1-6-22-11-14/h1-3,6-7,11-12,15H,4-5,8-9,13H2,(H,23,24). The largest absolute Gasteiger partial charge is 0.346 e. The van der Waals surface area contributed by atoms with Crippen LogP contribution in [0.2, 0.25) is 0 Å². The molecule has 7 nitrogen and oxygen atoms in total. The molecule has 5 rings (SSSR count). The summed E-state index contributed by atoms with van der Waals surface area (Å²) in [6.07, 6.45) is 9.36. The Morgan fingerprint density at radius 3 is 2.89 bits per heavy atom. The lowest BCUT2D eigenvalue weighted by Gasteiger charge is -2.33. The Bertz CT molecular complexity index is 1130. The fourth-order valence-corrected chi connectivity index (χ4v) is 4.11. The van der Waals surface area contributed by atoms with E-state index in [2.05, 4.69) is 41.5 Å². The van der Waals surface area contributed by atoms with Crippen LogP contribution in [0.4, 0.5) is 0 Å². The lowest BCUT2D eigenvalue weighted by Crippen LogP contribution is -2.34. The second-order valence-corrected chi connectivity index (χ2v) is 7.02. The molecule has 0 aromatic carbocycles. The van der Waals surface area contributed by atoms with Crippen LogP contribution in [0.25, 0.3) is 22.1 Å². The third kappa shape index (κ3) is 2.75. The molecule has 1 fully saturated rings. The lowest BCUT2D eigenvalue weighted by atomic mass is 10.0. The number of likely N-dealkylation sites (tertiary alicyclic amines) is 1. The number of piperidine rings is 1. The van der Waals surface area contributed by atoms with Gasteiger partial charge in [0.05, 0.1) is 11.7 Å². The summed E-state index contributed by atoms with van der Waals surface area (Å²) in [5.41, 5.74) is 3.88. The van der Waals surface area contributed by atoms with Gasteiger partial charge in [-0.3, -0.25) is 9.88 Å². The van der Waals surface area contributed by atoms with Crippen LogP contribution in [0, 0.1) is 11.3 Å². The highest BCUT2D eigenvalue weighted by molar-refractivity contribution is 6.01. The molecule has 0 saturated carbocycles. The molecule has 1 N–H and O–H groups in total. The fourth-order valence-electron chi connectivity index (χ4n) is 4.11. The highest BCUT2D eigenvalue weighted by Crippen LogP contribution is 2.32. The molecular formula is C20H19N7. The van der Waals surface area contributed by atoms with E-state index in [0.717, 1.165) is 54.5 Å². The number of aromatic amines is 1. The van der Waals surface area contributed by atoms with Crippen molar-refractivity contribution in [3.8, 4) is 6.07 Å². The first-order valence-corrected chi connectivity index (χ1v) is 9.19. The summed E-state index contributed by atoms with van der Waals surface area (Å²) in [4.78, 5) is 18.7. The molecule has 1 saturated heterocycles. The minimum Gasteiger partial charge on any atom is -0.346 e. The normalized spacial score (nSPS) is 16.1. The Morgan fingerprint density at radius 2 is 2.11 bits per heavy atom. The van der Waals surface area contributed by atoms with Gasteiger partial charge in [-0.15, -0.1) is 0 Å². The highest BCUT2D eigenvalue weighted by atomic mass is 15.2. The molecule has 0 aliphatic carbocycles. The minimum absolute atomic E-state index is 0.273. The average Bonchev–Trinajstić information content (AvgIpc) is 3.33. The van der Waals surface area contributed by atoms with Crippen LogP contribution in [0.3, 0.4) is 0 Å². The van der Waals surface area contributed by atoms with Crippen LogP contribution in [0.15, 0.2) is 43.0 Å². The molecule has 1 aliphatic rings. The summed E-state index contributed by atoms with van der Waals surface area (Å²) in [5.74, 6) is 0.478. The highest BCUT2D eigenvalue weighted by Gasteiger charge is 2.26. The molecular weight excluding hydrogens is 338 g/mol. The fraction of sp³-hybridized carbons (Fsp3) is 0.300. The Kier molecular flexibility index (Phi) is 3.84. The van der Waals surface area contributed by atoms with E-state index in [1.807, 2.05) is 24.5 Å². The molecule has 5 heterocycles. The lowest BCUT2D eigenvalue weighted by molar-refractivity contribution is 0.181. The molecule has 0 bridgehead atoms. The number of imidazole rings is 1. The monoisotopic (exact) mass is 357 g/mol. The Hall–Kier alpha value is -3.24. The molecule has 1 aliphatic heterocycles. The molecule has 0 atom stereocenters. The number of hydrogen-bond donors (Lipinski definition) is 1. The van der Waals surface area contributed by atoms with Crippen molar-refractivity contribution in [2.45, 2.75) is 25.4 Å². The summed E-state index contributed by atoms with van der Waals surface area (Å²) in [6, 6.07) is 8.67. The number of nitrogens with zero attached hydrogens (tertiary/aromatic N) is 6. The van der Waals surface area contributed by atoms with Crippen molar-refractivity contribution < 1.29 is 0 Å². The number of nitriles is 1. The quantitative estimate of drug-likeness (QED) is 0.609. The maximum Gasteiger partial charge on any atom is 0.214 e. The number of nitrogens with one attached hydrogen (secondary N) is 1. The Labute approximate surface area is 156 Å². The number of H-pyrrole nitrogens is 1. The molecule has 27 heavy (non-hydrogen) atoms. The van der Waals surface area contributed by atoms with Gasteiger partial charge in [0.25, 0.3) is 0 Å². The van der Waals surface area contributed by atoms with E-state index in [1.54, 1.807) is 12.4 Å². The molecule has 134 valence electrons. The van der Waals surface area contributed by atoms with Crippen molar-refractivity contribution in [3.63, 3.8) is 0 Å². The summed E-state index contributed by atoms with van der Waals surface area (Å²) >= 11 is 0. The molecule has 4 aromatic rings. The second kappa shape index (κ2) is 6.49. The zero-order chi connectivity index (χ0) is 18.2.